The molecule has 2 nitrogen and oxygen atoms in total. The zero-order valence-corrected chi connectivity index (χ0v) is 12.4. The molecule has 106 valence electrons. The quantitative estimate of drug-likeness (QED) is 0.393. The van der Waals surface area contributed by atoms with Crippen molar-refractivity contribution in [1.29, 1.82) is 0 Å². The van der Waals surface area contributed by atoms with E-state index in [9.17, 15) is 4.79 Å². The zero-order valence-electron chi connectivity index (χ0n) is 12.4. The standard InChI is InChI=1S/C16H30O2/c1-5-9-11-14(7-3)13-18-16(17)15(8-4)12-10-6-2/h8,14-15H,4-7,9-13H2,1-3H3. The van der Waals surface area contributed by atoms with Crippen LogP contribution in [0.4, 0.5) is 0 Å². The van der Waals surface area contributed by atoms with Gasteiger partial charge in [-0.1, -0.05) is 59.0 Å². The van der Waals surface area contributed by atoms with Gasteiger partial charge in [-0.2, -0.15) is 0 Å². The Balaban J connectivity index is 3.99. The van der Waals surface area contributed by atoms with Crippen molar-refractivity contribution in [3.8, 4) is 0 Å². The molecule has 2 unspecified atom stereocenters. The van der Waals surface area contributed by atoms with Gasteiger partial charge >= 0.3 is 5.97 Å². The third-order valence-electron chi connectivity index (χ3n) is 3.46. The molecule has 0 aromatic heterocycles. The fourth-order valence-electron chi connectivity index (χ4n) is 1.96. The lowest BCUT2D eigenvalue weighted by molar-refractivity contribution is -0.148. The fourth-order valence-corrected chi connectivity index (χ4v) is 1.96. The van der Waals surface area contributed by atoms with E-state index in [2.05, 4.69) is 27.4 Å². The predicted octanol–water partition coefficient (Wildman–Crippen LogP) is 4.74. The molecule has 0 aliphatic heterocycles. The Morgan fingerprint density at radius 2 is 1.78 bits per heavy atom. The van der Waals surface area contributed by atoms with E-state index in [4.69, 9.17) is 4.74 Å². The summed E-state index contributed by atoms with van der Waals surface area (Å²) in [5.74, 6) is 0.313. The van der Waals surface area contributed by atoms with Gasteiger partial charge in [-0.15, -0.1) is 6.58 Å². The minimum absolute atomic E-state index is 0.0894. The normalized spacial score (nSPS) is 13.9. The second-order valence-corrected chi connectivity index (χ2v) is 5.03. The fraction of sp³-hybridized carbons (Fsp3) is 0.812. The Morgan fingerprint density at radius 1 is 1.17 bits per heavy atom. The molecular formula is C16H30O2. The average molecular weight is 254 g/mol. The molecule has 18 heavy (non-hydrogen) atoms. The molecule has 0 bridgehead atoms. The number of ether oxygens (including phenoxy) is 1. The predicted molar refractivity (Wildman–Crippen MR) is 77.5 cm³/mol. The lowest BCUT2D eigenvalue weighted by Crippen LogP contribution is -2.20. The molecule has 0 heterocycles. The van der Waals surface area contributed by atoms with E-state index in [1.807, 2.05) is 0 Å². The highest BCUT2D eigenvalue weighted by molar-refractivity contribution is 5.74. The highest BCUT2D eigenvalue weighted by atomic mass is 16.5. The molecule has 0 spiro atoms. The maximum Gasteiger partial charge on any atom is 0.312 e. The molecule has 0 radical (unpaired) electrons. The first-order chi connectivity index (χ1) is 8.69. The van der Waals surface area contributed by atoms with Gasteiger partial charge in [0.25, 0.3) is 0 Å². The molecule has 0 saturated heterocycles. The summed E-state index contributed by atoms with van der Waals surface area (Å²) in [4.78, 5) is 11.9. The molecule has 2 atom stereocenters. The van der Waals surface area contributed by atoms with Crippen molar-refractivity contribution in [3.05, 3.63) is 12.7 Å². The van der Waals surface area contributed by atoms with Gasteiger partial charge in [0.15, 0.2) is 0 Å². The Bertz CT molecular complexity index is 223. The minimum atomic E-state index is -0.117. The lowest BCUT2D eigenvalue weighted by atomic mass is 10.00. The van der Waals surface area contributed by atoms with E-state index >= 15 is 0 Å². The third-order valence-corrected chi connectivity index (χ3v) is 3.46. The largest absolute Gasteiger partial charge is 0.465 e. The van der Waals surface area contributed by atoms with Crippen LogP contribution in [0.25, 0.3) is 0 Å². The van der Waals surface area contributed by atoms with Crippen LogP contribution in [0.1, 0.15) is 65.7 Å². The van der Waals surface area contributed by atoms with Crippen LogP contribution < -0.4 is 0 Å². The first-order valence-corrected chi connectivity index (χ1v) is 7.48. The Labute approximate surface area is 113 Å². The van der Waals surface area contributed by atoms with E-state index in [1.165, 1.54) is 12.8 Å². The van der Waals surface area contributed by atoms with Crippen LogP contribution >= 0.6 is 0 Å². The Hall–Kier alpha value is -0.790. The molecule has 0 N–H and O–H groups in total. The number of carbonyl (C=O) groups is 1. The summed E-state index contributed by atoms with van der Waals surface area (Å²) in [5.41, 5.74) is 0. The second-order valence-electron chi connectivity index (χ2n) is 5.03. The number of esters is 1. The lowest BCUT2D eigenvalue weighted by Gasteiger charge is -2.17. The maximum absolute atomic E-state index is 11.9. The van der Waals surface area contributed by atoms with E-state index in [1.54, 1.807) is 6.08 Å². The van der Waals surface area contributed by atoms with Crippen molar-refractivity contribution in [1.82, 2.24) is 0 Å². The molecule has 0 fully saturated rings. The Morgan fingerprint density at radius 3 is 2.28 bits per heavy atom. The van der Waals surface area contributed by atoms with Crippen LogP contribution in [-0.4, -0.2) is 12.6 Å². The molecule has 0 saturated carbocycles. The highest BCUT2D eigenvalue weighted by Gasteiger charge is 2.17. The van der Waals surface area contributed by atoms with Crippen LogP contribution in [0.15, 0.2) is 12.7 Å². The summed E-state index contributed by atoms with van der Waals surface area (Å²) in [6.07, 6.45) is 9.42. The third kappa shape index (κ3) is 7.52. The molecule has 0 aliphatic carbocycles. The van der Waals surface area contributed by atoms with Gasteiger partial charge in [0.1, 0.15) is 0 Å². The summed E-state index contributed by atoms with van der Waals surface area (Å²) in [7, 11) is 0. The number of carbonyl (C=O) groups excluding carboxylic acids is 1. The van der Waals surface area contributed by atoms with Gasteiger partial charge in [-0.05, 0) is 18.8 Å². The molecule has 2 heteroatoms. The van der Waals surface area contributed by atoms with Crippen molar-refractivity contribution in [3.63, 3.8) is 0 Å². The Kier molecular flexibility index (Phi) is 10.8. The smallest absolute Gasteiger partial charge is 0.312 e. The van der Waals surface area contributed by atoms with Crippen LogP contribution in [0.5, 0.6) is 0 Å². The van der Waals surface area contributed by atoms with Crippen molar-refractivity contribution < 1.29 is 9.53 Å². The van der Waals surface area contributed by atoms with Gasteiger partial charge in [0.05, 0.1) is 12.5 Å². The minimum Gasteiger partial charge on any atom is -0.465 e. The SMILES string of the molecule is C=CC(CCCC)C(=O)OCC(CC)CCCC. The summed E-state index contributed by atoms with van der Waals surface area (Å²) >= 11 is 0. The number of hydrogen-bond acceptors (Lipinski definition) is 2. The molecule has 0 amide bonds. The van der Waals surface area contributed by atoms with E-state index in [-0.39, 0.29) is 11.9 Å². The summed E-state index contributed by atoms with van der Waals surface area (Å²) in [6.45, 7) is 10.8. The van der Waals surface area contributed by atoms with E-state index in [0.29, 0.717) is 12.5 Å². The first kappa shape index (κ1) is 17.2. The van der Waals surface area contributed by atoms with Crippen LogP contribution in [0, 0.1) is 11.8 Å². The van der Waals surface area contributed by atoms with Gasteiger partial charge < -0.3 is 4.74 Å². The summed E-state index contributed by atoms with van der Waals surface area (Å²) < 4.78 is 5.43. The second kappa shape index (κ2) is 11.3. The van der Waals surface area contributed by atoms with Gasteiger partial charge in [-0.3, -0.25) is 4.79 Å². The van der Waals surface area contributed by atoms with E-state index in [0.717, 1.165) is 32.1 Å². The van der Waals surface area contributed by atoms with Crippen LogP contribution in [0.2, 0.25) is 0 Å². The van der Waals surface area contributed by atoms with Crippen molar-refractivity contribution in [2.45, 2.75) is 65.7 Å². The highest BCUT2D eigenvalue weighted by Crippen LogP contribution is 2.16. The number of rotatable bonds is 11. The molecular weight excluding hydrogens is 224 g/mol. The van der Waals surface area contributed by atoms with Crippen LogP contribution in [-0.2, 0) is 9.53 Å². The number of hydrogen-bond donors (Lipinski definition) is 0. The summed E-state index contributed by atoms with van der Waals surface area (Å²) in [5, 5.41) is 0. The molecule has 0 rings (SSSR count). The molecule has 0 aromatic rings. The van der Waals surface area contributed by atoms with E-state index < -0.39 is 0 Å². The van der Waals surface area contributed by atoms with Gasteiger partial charge in [0, 0.05) is 0 Å². The monoisotopic (exact) mass is 254 g/mol. The zero-order chi connectivity index (χ0) is 13.8. The van der Waals surface area contributed by atoms with Gasteiger partial charge in [0.2, 0.25) is 0 Å². The summed E-state index contributed by atoms with van der Waals surface area (Å²) in [6, 6.07) is 0. The number of unbranched alkanes of at least 4 members (excludes halogenated alkanes) is 2. The average Bonchev–Trinajstić information content (AvgIpc) is 2.39. The maximum atomic E-state index is 11.9. The van der Waals surface area contributed by atoms with Crippen LogP contribution in [0.3, 0.4) is 0 Å². The van der Waals surface area contributed by atoms with Crippen molar-refractivity contribution in [2.24, 2.45) is 11.8 Å². The molecule has 0 aliphatic rings. The van der Waals surface area contributed by atoms with Crippen molar-refractivity contribution in [2.75, 3.05) is 6.61 Å². The van der Waals surface area contributed by atoms with Crippen molar-refractivity contribution >= 4 is 5.97 Å². The topological polar surface area (TPSA) is 26.3 Å². The van der Waals surface area contributed by atoms with Gasteiger partial charge in [-0.25, -0.2) is 0 Å². The molecule has 0 aromatic carbocycles. The first-order valence-electron chi connectivity index (χ1n) is 7.48.